The number of ether oxygens (including phenoxy) is 1. The van der Waals surface area contributed by atoms with Crippen LogP contribution in [0.5, 0.6) is 5.75 Å². The Hall–Kier alpha value is -1.99. The van der Waals surface area contributed by atoms with Crippen molar-refractivity contribution in [3.8, 4) is 5.75 Å². The number of rotatable bonds is 5. The molecule has 5 nitrogen and oxygen atoms in total. The molecule has 120 valence electrons. The summed E-state index contributed by atoms with van der Waals surface area (Å²) >= 11 is 3.26. The highest BCUT2D eigenvalue weighted by molar-refractivity contribution is 7.99. The van der Waals surface area contributed by atoms with Gasteiger partial charge in [-0.1, -0.05) is 6.07 Å². The van der Waals surface area contributed by atoms with Crippen molar-refractivity contribution in [3.05, 3.63) is 40.6 Å². The fourth-order valence-corrected chi connectivity index (χ4v) is 3.79. The molecule has 1 aromatic carbocycles. The molecular weight excluding hydrogens is 332 g/mol. The quantitative estimate of drug-likeness (QED) is 0.870. The zero-order chi connectivity index (χ0) is 16.2. The molecule has 0 aliphatic carbocycles. The van der Waals surface area contributed by atoms with Crippen LogP contribution >= 0.6 is 23.1 Å². The maximum absolute atomic E-state index is 12.0. The molecule has 0 fully saturated rings. The molecule has 0 saturated carbocycles. The van der Waals surface area contributed by atoms with Gasteiger partial charge in [0, 0.05) is 16.3 Å². The van der Waals surface area contributed by atoms with Crippen molar-refractivity contribution in [1.82, 2.24) is 0 Å². The second-order valence-electron chi connectivity index (χ2n) is 5.08. The lowest BCUT2D eigenvalue weighted by atomic mass is 10.2. The topological polar surface area (TPSA) is 67.4 Å². The Kier molecular flexibility index (Phi) is 4.88. The lowest BCUT2D eigenvalue weighted by molar-refractivity contribution is -0.122. The summed E-state index contributed by atoms with van der Waals surface area (Å²) in [6.07, 6.45) is -0.503. The average molecular weight is 348 g/mol. The third kappa shape index (κ3) is 4.05. The fraction of sp³-hybridized carbons (Fsp3) is 0.250. The highest BCUT2D eigenvalue weighted by Crippen LogP contribution is 2.32. The molecule has 2 N–H and O–H groups in total. The van der Waals surface area contributed by atoms with Crippen LogP contribution in [0.4, 0.5) is 11.4 Å². The highest BCUT2D eigenvalue weighted by atomic mass is 32.2. The summed E-state index contributed by atoms with van der Waals surface area (Å²) in [4.78, 5) is 24.9. The predicted octanol–water partition coefficient (Wildman–Crippen LogP) is 3.34. The third-order valence-corrected chi connectivity index (χ3v) is 5.29. The summed E-state index contributed by atoms with van der Waals surface area (Å²) in [6, 6.07) is 9.29. The van der Waals surface area contributed by atoms with Crippen LogP contribution in [0, 0.1) is 0 Å². The van der Waals surface area contributed by atoms with Gasteiger partial charge < -0.3 is 15.4 Å². The minimum Gasteiger partial charge on any atom is -0.479 e. The van der Waals surface area contributed by atoms with Crippen molar-refractivity contribution in [1.29, 1.82) is 0 Å². The van der Waals surface area contributed by atoms with Crippen molar-refractivity contribution in [2.75, 3.05) is 16.4 Å². The van der Waals surface area contributed by atoms with Gasteiger partial charge in [0.05, 0.1) is 11.4 Å². The van der Waals surface area contributed by atoms with Crippen LogP contribution in [0.3, 0.4) is 0 Å². The molecule has 0 spiro atoms. The van der Waals surface area contributed by atoms with E-state index < -0.39 is 6.10 Å². The van der Waals surface area contributed by atoms with E-state index in [1.807, 2.05) is 11.4 Å². The molecule has 7 heteroatoms. The minimum atomic E-state index is -0.503. The Labute approximate surface area is 142 Å². The molecule has 0 radical (unpaired) electrons. The number of carbonyl (C=O) groups is 2. The molecule has 2 heterocycles. The van der Waals surface area contributed by atoms with E-state index in [4.69, 9.17) is 4.74 Å². The van der Waals surface area contributed by atoms with Crippen molar-refractivity contribution in [3.63, 3.8) is 0 Å². The Morgan fingerprint density at radius 2 is 2.30 bits per heavy atom. The molecule has 0 saturated heterocycles. The number of thioether (sulfide) groups is 1. The first kappa shape index (κ1) is 15.9. The molecule has 0 bridgehead atoms. The number of nitrogens with one attached hydrogen (secondary N) is 2. The number of benzene rings is 1. The van der Waals surface area contributed by atoms with Gasteiger partial charge >= 0.3 is 0 Å². The van der Waals surface area contributed by atoms with Crippen LogP contribution in [0.25, 0.3) is 0 Å². The maximum atomic E-state index is 12.0. The number of amides is 2. The molecule has 1 atom stereocenters. The molecule has 1 aliphatic rings. The molecule has 1 aromatic heterocycles. The molecule has 2 amide bonds. The Bertz CT molecular complexity index is 716. The van der Waals surface area contributed by atoms with Crippen molar-refractivity contribution in [2.45, 2.75) is 18.8 Å². The van der Waals surface area contributed by atoms with Gasteiger partial charge in [-0.2, -0.15) is 0 Å². The van der Waals surface area contributed by atoms with E-state index in [0.29, 0.717) is 22.9 Å². The van der Waals surface area contributed by atoms with Gasteiger partial charge in [0.2, 0.25) is 5.91 Å². The van der Waals surface area contributed by atoms with Gasteiger partial charge in [-0.05, 0) is 36.6 Å². The average Bonchev–Trinajstić information content (AvgIpc) is 3.02. The first-order valence-corrected chi connectivity index (χ1v) is 9.17. The summed E-state index contributed by atoms with van der Waals surface area (Å²) < 4.78 is 5.48. The summed E-state index contributed by atoms with van der Waals surface area (Å²) in [6.45, 7) is 1.69. The van der Waals surface area contributed by atoms with Gasteiger partial charge in [0.25, 0.3) is 5.91 Å². The zero-order valence-electron chi connectivity index (χ0n) is 12.5. The Morgan fingerprint density at radius 1 is 1.43 bits per heavy atom. The predicted molar refractivity (Wildman–Crippen MR) is 94.3 cm³/mol. The Morgan fingerprint density at radius 3 is 3.09 bits per heavy atom. The first-order chi connectivity index (χ1) is 11.1. The van der Waals surface area contributed by atoms with Crippen LogP contribution in [0.1, 0.15) is 11.8 Å². The summed E-state index contributed by atoms with van der Waals surface area (Å²) in [5, 5.41) is 7.63. The van der Waals surface area contributed by atoms with E-state index in [0.717, 1.165) is 5.75 Å². The van der Waals surface area contributed by atoms with Crippen LogP contribution < -0.4 is 15.4 Å². The molecule has 3 rings (SSSR count). The van der Waals surface area contributed by atoms with E-state index in [1.54, 1.807) is 48.2 Å². The lowest BCUT2D eigenvalue weighted by Crippen LogP contribution is -2.34. The number of thiophene rings is 1. The lowest BCUT2D eigenvalue weighted by Gasteiger charge is -2.23. The van der Waals surface area contributed by atoms with Gasteiger partial charge in [-0.3, -0.25) is 9.59 Å². The summed E-state index contributed by atoms with van der Waals surface area (Å²) in [7, 11) is 0. The van der Waals surface area contributed by atoms with Crippen molar-refractivity contribution in [2.24, 2.45) is 0 Å². The van der Waals surface area contributed by atoms with Crippen LogP contribution in [0.2, 0.25) is 0 Å². The third-order valence-electron chi connectivity index (χ3n) is 3.25. The van der Waals surface area contributed by atoms with Crippen molar-refractivity contribution < 1.29 is 14.3 Å². The van der Waals surface area contributed by atoms with Gasteiger partial charge in [-0.25, -0.2) is 0 Å². The highest BCUT2D eigenvalue weighted by Gasteiger charge is 2.23. The normalized spacial score (nSPS) is 16.2. The monoisotopic (exact) mass is 348 g/mol. The van der Waals surface area contributed by atoms with Crippen LogP contribution in [0.15, 0.2) is 35.7 Å². The summed E-state index contributed by atoms with van der Waals surface area (Å²) in [5.74, 6) is 1.57. The van der Waals surface area contributed by atoms with E-state index in [1.165, 1.54) is 4.88 Å². The van der Waals surface area contributed by atoms with E-state index >= 15 is 0 Å². The number of hydrogen-bond donors (Lipinski definition) is 2. The summed E-state index contributed by atoms with van der Waals surface area (Å²) in [5.41, 5.74) is 1.22. The van der Waals surface area contributed by atoms with Crippen LogP contribution in [-0.2, 0) is 15.3 Å². The molecule has 1 aliphatic heterocycles. The van der Waals surface area contributed by atoms with E-state index in [-0.39, 0.29) is 11.8 Å². The number of fused-ring (bicyclic) bond motifs is 1. The van der Waals surface area contributed by atoms with Crippen molar-refractivity contribution >= 4 is 46.3 Å². The first-order valence-electron chi connectivity index (χ1n) is 7.13. The molecule has 2 aromatic rings. The zero-order valence-corrected chi connectivity index (χ0v) is 14.1. The fourth-order valence-electron chi connectivity index (χ4n) is 2.12. The van der Waals surface area contributed by atoms with Gasteiger partial charge in [-0.15, -0.1) is 23.1 Å². The SMILES string of the molecule is C[C@@H]1Oc2ccc(NC(=O)CSCc3cccs3)cc2NC1=O. The van der Waals surface area contributed by atoms with E-state index in [2.05, 4.69) is 16.7 Å². The number of carbonyl (C=O) groups excluding carboxylic acids is 2. The Balaban J connectivity index is 1.54. The van der Waals surface area contributed by atoms with E-state index in [9.17, 15) is 9.59 Å². The van der Waals surface area contributed by atoms with Crippen LogP contribution in [-0.4, -0.2) is 23.7 Å². The second kappa shape index (κ2) is 7.06. The molecular formula is C16H16N2O3S2. The number of hydrogen-bond acceptors (Lipinski definition) is 5. The van der Waals surface area contributed by atoms with Gasteiger partial charge in [0.15, 0.2) is 6.10 Å². The number of anilines is 2. The maximum Gasteiger partial charge on any atom is 0.265 e. The smallest absolute Gasteiger partial charge is 0.265 e. The molecule has 23 heavy (non-hydrogen) atoms. The van der Waals surface area contributed by atoms with Gasteiger partial charge in [0.1, 0.15) is 5.75 Å². The standard InChI is InChI=1S/C16H16N2O3S2/c1-10-16(20)18-13-7-11(4-5-14(13)21-10)17-15(19)9-22-8-12-3-2-6-23-12/h2-7,10H,8-9H2,1H3,(H,17,19)(H,18,20)/t10-/m0/s1. The molecule has 0 unspecified atom stereocenters. The largest absolute Gasteiger partial charge is 0.479 e. The second-order valence-corrected chi connectivity index (χ2v) is 7.10. The minimum absolute atomic E-state index is 0.0667.